The molecule has 0 radical (unpaired) electrons. The number of methoxy groups -OCH3 is 3. The number of hydrogen-bond acceptors (Lipinski definition) is 5. The van der Waals surface area contributed by atoms with E-state index in [-0.39, 0.29) is 5.91 Å². The van der Waals surface area contributed by atoms with Crippen molar-refractivity contribution in [1.29, 1.82) is 0 Å². The van der Waals surface area contributed by atoms with Crippen LogP contribution < -0.4 is 30.2 Å². The van der Waals surface area contributed by atoms with E-state index in [1.165, 1.54) is 0 Å². The molecule has 7 nitrogen and oxygen atoms in total. The highest BCUT2D eigenvalue weighted by Gasteiger charge is 2.31. The number of thiocarbonyl (C=S) groups is 1. The Morgan fingerprint density at radius 2 is 1.52 bits per heavy atom. The molecule has 1 aliphatic rings. The molecule has 0 unspecified atom stereocenters. The summed E-state index contributed by atoms with van der Waals surface area (Å²) in [6, 6.07) is 9.04. The monoisotopic (exact) mass is 441 g/mol. The van der Waals surface area contributed by atoms with Crippen molar-refractivity contribution in [3.05, 3.63) is 58.3 Å². The standard InChI is InChI=1S/C23H27N3O4S/c1-12-7-13(2)9-16(8-12)25-22(27)19-14(3)24-23(31)26-20(19)15-10-17(28-4)21(30-6)18(11-15)29-5/h7-11,20H,1-6H3,(H,25,27)(H2,24,26,31)/t20-/m0/s1. The predicted molar refractivity (Wildman–Crippen MR) is 125 cm³/mol. The van der Waals surface area contributed by atoms with Gasteiger partial charge < -0.3 is 30.2 Å². The normalized spacial score (nSPS) is 15.7. The average molecular weight is 442 g/mol. The number of rotatable bonds is 6. The van der Waals surface area contributed by atoms with Crippen LogP contribution in [-0.2, 0) is 4.79 Å². The van der Waals surface area contributed by atoms with Gasteiger partial charge in [-0.3, -0.25) is 4.79 Å². The van der Waals surface area contributed by atoms with Crippen LogP contribution in [0.2, 0.25) is 0 Å². The molecule has 0 aliphatic carbocycles. The average Bonchev–Trinajstić information content (AvgIpc) is 2.70. The van der Waals surface area contributed by atoms with E-state index in [4.69, 9.17) is 26.4 Å². The van der Waals surface area contributed by atoms with Gasteiger partial charge in [-0.05, 0) is 73.9 Å². The lowest BCUT2D eigenvalue weighted by Gasteiger charge is -2.31. The molecule has 164 valence electrons. The quantitative estimate of drug-likeness (QED) is 0.589. The largest absolute Gasteiger partial charge is 0.493 e. The summed E-state index contributed by atoms with van der Waals surface area (Å²) in [5.41, 5.74) is 4.82. The molecule has 2 aromatic carbocycles. The van der Waals surface area contributed by atoms with Crippen LogP contribution in [0.5, 0.6) is 17.2 Å². The van der Waals surface area contributed by atoms with Crippen LogP contribution in [0, 0.1) is 13.8 Å². The van der Waals surface area contributed by atoms with Crippen LogP contribution in [0.25, 0.3) is 0 Å². The first-order valence-electron chi connectivity index (χ1n) is 9.75. The van der Waals surface area contributed by atoms with Gasteiger partial charge >= 0.3 is 0 Å². The van der Waals surface area contributed by atoms with Gasteiger partial charge in [-0.15, -0.1) is 0 Å². The van der Waals surface area contributed by atoms with E-state index < -0.39 is 6.04 Å². The molecule has 1 atom stereocenters. The van der Waals surface area contributed by atoms with Gasteiger partial charge in [0.05, 0.1) is 32.9 Å². The Hall–Kier alpha value is -3.26. The Labute approximate surface area is 187 Å². The Bertz CT molecular complexity index is 1020. The van der Waals surface area contributed by atoms with E-state index in [9.17, 15) is 4.79 Å². The summed E-state index contributed by atoms with van der Waals surface area (Å²) in [5, 5.41) is 9.68. The van der Waals surface area contributed by atoms with E-state index in [2.05, 4.69) is 22.0 Å². The van der Waals surface area contributed by atoms with Crippen molar-refractivity contribution < 1.29 is 19.0 Å². The van der Waals surface area contributed by atoms with Gasteiger partial charge in [-0.2, -0.15) is 0 Å². The first-order valence-corrected chi connectivity index (χ1v) is 10.2. The first-order chi connectivity index (χ1) is 14.8. The highest BCUT2D eigenvalue weighted by Crippen LogP contribution is 2.41. The number of carbonyl (C=O) groups is 1. The van der Waals surface area contributed by atoms with Crippen LogP contribution in [0.15, 0.2) is 41.6 Å². The highest BCUT2D eigenvalue weighted by molar-refractivity contribution is 7.80. The summed E-state index contributed by atoms with van der Waals surface area (Å²) in [4.78, 5) is 13.3. The minimum absolute atomic E-state index is 0.233. The fraction of sp³-hybridized carbons (Fsp3) is 0.304. The van der Waals surface area contributed by atoms with Gasteiger partial charge in [-0.1, -0.05) is 6.07 Å². The third-order valence-electron chi connectivity index (χ3n) is 5.01. The number of anilines is 1. The number of amides is 1. The SMILES string of the molecule is COc1cc([C@@H]2NC(=S)NC(C)=C2C(=O)Nc2cc(C)cc(C)c2)cc(OC)c1OC. The van der Waals surface area contributed by atoms with Crippen LogP contribution >= 0.6 is 12.2 Å². The van der Waals surface area contributed by atoms with Gasteiger partial charge in [0.1, 0.15) is 0 Å². The fourth-order valence-electron chi connectivity index (χ4n) is 3.76. The molecule has 0 spiro atoms. The number of allylic oxidation sites excluding steroid dienone is 1. The molecule has 2 aromatic rings. The van der Waals surface area contributed by atoms with Crippen LogP contribution in [0.4, 0.5) is 5.69 Å². The van der Waals surface area contributed by atoms with E-state index in [1.54, 1.807) is 21.3 Å². The number of ether oxygens (including phenoxy) is 3. The van der Waals surface area contributed by atoms with Gasteiger partial charge in [0, 0.05) is 11.4 Å². The molecule has 31 heavy (non-hydrogen) atoms. The highest BCUT2D eigenvalue weighted by atomic mass is 32.1. The lowest BCUT2D eigenvalue weighted by molar-refractivity contribution is -0.113. The molecule has 0 aromatic heterocycles. The van der Waals surface area contributed by atoms with E-state index in [1.807, 2.05) is 45.0 Å². The van der Waals surface area contributed by atoms with Crippen LogP contribution in [0.3, 0.4) is 0 Å². The summed E-state index contributed by atoms with van der Waals surface area (Å²) < 4.78 is 16.4. The smallest absolute Gasteiger partial charge is 0.255 e. The van der Waals surface area contributed by atoms with Crippen molar-refractivity contribution in [2.45, 2.75) is 26.8 Å². The molecule has 1 amide bonds. The van der Waals surface area contributed by atoms with Crippen LogP contribution in [0.1, 0.15) is 29.7 Å². The Morgan fingerprint density at radius 3 is 2.03 bits per heavy atom. The Morgan fingerprint density at radius 1 is 0.935 bits per heavy atom. The molecule has 0 saturated heterocycles. The van der Waals surface area contributed by atoms with Crippen molar-refractivity contribution in [3.63, 3.8) is 0 Å². The van der Waals surface area contributed by atoms with E-state index in [0.717, 1.165) is 22.4 Å². The molecular formula is C23H27N3O4S. The van der Waals surface area contributed by atoms with Crippen molar-refractivity contribution in [2.75, 3.05) is 26.6 Å². The predicted octanol–water partition coefficient (Wildman–Crippen LogP) is 3.76. The Balaban J connectivity index is 2.05. The van der Waals surface area contributed by atoms with Gasteiger partial charge in [-0.25, -0.2) is 0 Å². The maximum Gasteiger partial charge on any atom is 0.255 e. The molecular weight excluding hydrogens is 414 g/mol. The zero-order valence-corrected chi connectivity index (χ0v) is 19.3. The number of carbonyl (C=O) groups excluding carboxylic acids is 1. The summed E-state index contributed by atoms with van der Waals surface area (Å²) in [6.45, 7) is 5.82. The second-order valence-corrected chi connectivity index (χ2v) is 7.77. The number of hydrogen-bond donors (Lipinski definition) is 3. The van der Waals surface area contributed by atoms with Crippen molar-refractivity contribution in [2.24, 2.45) is 0 Å². The van der Waals surface area contributed by atoms with Gasteiger partial charge in [0.15, 0.2) is 16.6 Å². The van der Waals surface area contributed by atoms with Gasteiger partial charge in [0.2, 0.25) is 5.75 Å². The summed E-state index contributed by atoms with van der Waals surface area (Å²) >= 11 is 5.36. The molecule has 8 heteroatoms. The third kappa shape index (κ3) is 4.74. The molecule has 3 rings (SSSR count). The summed E-state index contributed by atoms with van der Waals surface area (Å²) in [6.07, 6.45) is 0. The van der Waals surface area contributed by atoms with E-state index in [0.29, 0.717) is 33.6 Å². The fourth-order valence-corrected chi connectivity index (χ4v) is 4.03. The topological polar surface area (TPSA) is 80.9 Å². The van der Waals surface area contributed by atoms with Gasteiger partial charge in [0.25, 0.3) is 5.91 Å². The van der Waals surface area contributed by atoms with Crippen molar-refractivity contribution in [3.8, 4) is 17.2 Å². The first kappa shape index (κ1) is 22.4. The van der Waals surface area contributed by atoms with Crippen molar-refractivity contribution in [1.82, 2.24) is 10.6 Å². The third-order valence-corrected chi connectivity index (χ3v) is 5.23. The van der Waals surface area contributed by atoms with Crippen LogP contribution in [-0.4, -0.2) is 32.3 Å². The lowest BCUT2D eigenvalue weighted by atomic mass is 9.94. The lowest BCUT2D eigenvalue weighted by Crippen LogP contribution is -2.45. The maximum absolute atomic E-state index is 13.3. The van der Waals surface area contributed by atoms with Crippen molar-refractivity contribution >= 4 is 28.9 Å². The molecule has 3 N–H and O–H groups in total. The molecule has 1 aliphatic heterocycles. The zero-order valence-electron chi connectivity index (χ0n) is 18.5. The minimum atomic E-state index is -0.506. The molecule has 0 fully saturated rings. The second-order valence-electron chi connectivity index (χ2n) is 7.36. The Kier molecular flexibility index (Phi) is 6.70. The molecule has 0 saturated carbocycles. The second kappa shape index (κ2) is 9.26. The summed E-state index contributed by atoms with van der Waals surface area (Å²) in [5.74, 6) is 1.24. The number of benzene rings is 2. The number of aryl methyl sites for hydroxylation is 2. The zero-order chi connectivity index (χ0) is 22.7. The molecule has 0 bridgehead atoms. The maximum atomic E-state index is 13.3. The summed E-state index contributed by atoms with van der Waals surface area (Å²) in [7, 11) is 4.65. The minimum Gasteiger partial charge on any atom is -0.493 e. The molecule has 1 heterocycles. The number of nitrogens with one attached hydrogen (secondary N) is 3. The van der Waals surface area contributed by atoms with E-state index >= 15 is 0 Å².